The van der Waals surface area contributed by atoms with Gasteiger partial charge in [-0.3, -0.25) is 4.68 Å². The van der Waals surface area contributed by atoms with Crippen molar-refractivity contribution in [2.24, 2.45) is 18.7 Å². The second kappa shape index (κ2) is 8.87. The van der Waals surface area contributed by atoms with Gasteiger partial charge in [-0.05, 0) is 68.6 Å². The monoisotopic (exact) mass is 456 g/mol. The number of anilines is 1. The highest BCUT2D eigenvalue weighted by atomic mass is 28.4. The fourth-order valence-electron chi connectivity index (χ4n) is 4.27. The molecule has 8 heteroatoms. The summed E-state index contributed by atoms with van der Waals surface area (Å²) in [6.45, 7) is 11.6. The first-order valence-corrected chi connectivity index (χ1v) is 15.0. The number of aryl methyl sites for hydroxylation is 1. The van der Waals surface area contributed by atoms with E-state index in [9.17, 15) is 0 Å². The second-order valence-electron chi connectivity index (χ2n) is 11.2. The van der Waals surface area contributed by atoms with Gasteiger partial charge < -0.3 is 15.5 Å². The summed E-state index contributed by atoms with van der Waals surface area (Å²) in [5, 5.41) is 8.32. The van der Waals surface area contributed by atoms with Crippen molar-refractivity contribution < 1.29 is 4.43 Å². The number of aromatic nitrogens is 4. The summed E-state index contributed by atoms with van der Waals surface area (Å²) in [7, 11) is 0.0865. The number of nitrogens with two attached hydrogens (primary N) is 1. The molecular formula is C24H40N6OSi. The SMILES string of the molecule is Cn1ncc(-c2ccnc(NC3CCC(N)CC3)n2)c1C(O[Si](C)(C)C(C)(C)C)C1CC1. The first kappa shape index (κ1) is 23.4. The topological polar surface area (TPSA) is 90.9 Å². The van der Waals surface area contributed by atoms with Gasteiger partial charge in [0.25, 0.3) is 0 Å². The molecule has 0 aromatic carbocycles. The molecule has 2 heterocycles. The minimum atomic E-state index is -1.94. The predicted molar refractivity (Wildman–Crippen MR) is 132 cm³/mol. The predicted octanol–water partition coefficient (Wildman–Crippen LogP) is 5.03. The summed E-state index contributed by atoms with van der Waals surface area (Å²) in [6.07, 6.45) is 10.5. The lowest BCUT2D eigenvalue weighted by molar-refractivity contribution is 0.152. The summed E-state index contributed by atoms with van der Waals surface area (Å²) in [5.41, 5.74) is 9.16. The Morgan fingerprint density at radius 1 is 1.16 bits per heavy atom. The summed E-state index contributed by atoms with van der Waals surface area (Å²) in [6, 6.07) is 2.71. The molecule has 4 rings (SSSR count). The maximum Gasteiger partial charge on any atom is 0.223 e. The van der Waals surface area contributed by atoms with Gasteiger partial charge in [0.15, 0.2) is 8.32 Å². The lowest BCUT2D eigenvalue weighted by Gasteiger charge is -2.39. The Hall–Kier alpha value is -1.77. The van der Waals surface area contributed by atoms with Crippen molar-refractivity contribution in [1.82, 2.24) is 19.7 Å². The van der Waals surface area contributed by atoms with E-state index in [0.29, 0.717) is 23.9 Å². The maximum absolute atomic E-state index is 6.98. The van der Waals surface area contributed by atoms with Gasteiger partial charge in [0.05, 0.1) is 23.7 Å². The van der Waals surface area contributed by atoms with Crippen molar-refractivity contribution in [3.63, 3.8) is 0 Å². The fourth-order valence-corrected chi connectivity index (χ4v) is 5.57. The highest BCUT2D eigenvalue weighted by molar-refractivity contribution is 6.74. The Balaban J connectivity index is 1.61. The summed E-state index contributed by atoms with van der Waals surface area (Å²) in [5.74, 6) is 1.25. The molecule has 2 aromatic rings. The van der Waals surface area contributed by atoms with Crippen LogP contribution in [0.3, 0.4) is 0 Å². The third kappa shape index (κ3) is 5.07. The first-order valence-electron chi connectivity index (χ1n) is 12.1. The Bertz CT molecular complexity index is 925. The number of rotatable bonds is 7. The van der Waals surface area contributed by atoms with Crippen LogP contribution in [-0.2, 0) is 11.5 Å². The molecule has 32 heavy (non-hydrogen) atoms. The van der Waals surface area contributed by atoms with Crippen molar-refractivity contribution in [1.29, 1.82) is 0 Å². The molecule has 2 saturated carbocycles. The summed E-state index contributed by atoms with van der Waals surface area (Å²) >= 11 is 0. The number of hydrogen-bond acceptors (Lipinski definition) is 6. The third-order valence-electron chi connectivity index (χ3n) is 7.57. The maximum atomic E-state index is 6.98. The van der Waals surface area contributed by atoms with Crippen LogP contribution >= 0.6 is 0 Å². The summed E-state index contributed by atoms with van der Waals surface area (Å²) in [4.78, 5) is 9.38. The lowest BCUT2D eigenvalue weighted by Crippen LogP contribution is -2.42. The van der Waals surface area contributed by atoms with Gasteiger partial charge in [0.1, 0.15) is 0 Å². The van der Waals surface area contributed by atoms with E-state index in [1.165, 1.54) is 12.8 Å². The minimum Gasteiger partial charge on any atom is -0.408 e. The highest BCUT2D eigenvalue weighted by Crippen LogP contribution is 2.49. The van der Waals surface area contributed by atoms with E-state index in [1.54, 1.807) is 0 Å². The molecule has 1 unspecified atom stereocenters. The average molecular weight is 457 g/mol. The quantitative estimate of drug-likeness (QED) is 0.568. The molecule has 2 fully saturated rings. The molecule has 2 aromatic heterocycles. The molecule has 176 valence electrons. The molecule has 0 bridgehead atoms. The normalized spacial score (nSPS) is 23.2. The van der Waals surface area contributed by atoms with Crippen LogP contribution in [0.15, 0.2) is 18.5 Å². The van der Waals surface area contributed by atoms with Gasteiger partial charge in [-0.15, -0.1) is 0 Å². The van der Waals surface area contributed by atoms with Crippen molar-refractivity contribution in [2.45, 2.75) is 95.6 Å². The lowest BCUT2D eigenvalue weighted by atomic mass is 9.92. The van der Waals surface area contributed by atoms with Crippen LogP contribution in [-0.4, -0.2) is 40.1 Å². The van der Waals surface area contributed by atoms with Gasteiger partial charge >= 0.3 is 0 Å². The minimum absolute atomic E-state index is 0.0598. The zero-order valence-corrected chi connectivity index (χ0v) is 21.6. The Morgan fingerprint density at radius 3 is 2.47 bits per heavy atom. The van der Waals surface area contributed by atoms with Crippen molar-refractivity contribution >= 4 is 14.3 Å². The van der Waals surface area contributed by atoms with Crippen LogP contribution in [0.25, 0.3) is 11.3 Å². The molecule has 0 aliphatic heterocycles. The number of nitrogens with zero attached hydrogens (tertiary/aromatic N) is 4. The summed E-state index contributed by atoms with van der Waals surface area (Å²) < 4.78 is 8.97. The van der Waals surface area contributed by atoms with Crippen LogP contribution in [0.2, 0.25) is 18.1 Å². The standard InChI is InChI=1S/C24H40N6OSi/c1-24(2,3)32(5,6)31-22(16-7-8-16)21-19(15-27-30(21)4)20-13-14-26-23(29-20)28-18-11-9-17(25)10-12-18/h13-18,22H,7-12,25H2,1-6H3,(H,26,28,29). The van der Waals surface area contributed by atoms with Crippen LogP contribution < -0.4 is 11.1 Å². The average Bonchev–Trinajstić information content (AvgIpc) is 3.49. The van der Waals surface area contributed by atoms with E-state index < -0.39 is 8.32 Å². The van der Waals surface area contributed by atoms with E-state index >= 15 is 0 Å². The molecule has 0 amide bonds. The molecule has 0 saturated heterocycles. The molecule has 2 aliphatic carbocycles. The van der Waals surface area contributed by atoms with Crippen molar-refractivity contribution in [2.75, 3.05) is 5.32 Å². The highest BCUT2D eigenvalue weighted by Gasteiger charge is 2.45. The Labute approximate surface area is 193 Å². The van der Waals surface area contributed by atoms with E-state index in [0.717, 1.165) is 42.6 Å². The molecule has 0 radical (unpaired) electrons. The molecule has 2 aliphatic rings. The second-order valence-corrected chi connectivity index (χ2v) is 16.0. The van der Waals surface area contributed by atoms with Gasteiger partial charge in [0.2, 0.25) is 5.95 Å². The van der Waals surface area contributed by atoms with E-state index in [4.69, 9.17) is 15.1 Å². The third-order valence-corrected chi connectivity index (χ3v) is 12.0. The van der Waals surface area contributed by atoms with E-state index in [2.05, 4.69) is 49.3 Å². The first-order chi connectivity index (χ1) is 15.0. The molecule has 1 atom stereocenters. The molecule has 7 nitrogen and oxygen atoms in total. The molecular weight excluding hydrogens is 416 g/mol. The smallest absolute Gasteiger partial charge is 0.223 e. The molecule has 3 N–H and O–H groups in total. The van der Waals surface area contributed by atoms with Crippen molar-refractivity contribution in [3.8, 4) is 11.3 Å². The van der Waals surface area contributed by atoms with Gasteiger partial charge in [-0.2, -0.15) is 5.10 Å². The zero-order valence-electron chi connectivity index (χ0n) is 20.6. The van der Waals surface area contributed by atoms with Crippen LogP contribution in [0.1, 0.15) is 71.1 Å². The van der Waals surface area contributed by atoms with Crippen LogP contribution in [0.5, 0.6) is 0 Å². The largest absolute Gasteiger partial charge is 0.408 e. The fraction of sp³-hybridized carbons (Fsp3) is 0.708. The van der Waals surface area contributed by atoms with Gasteiger partial charge in [0, 0.05) is 30.9 Å². The zero-order chi connectivity index (χ0) is 23.1. The van der Waals surface area contributed by atoms with Crippen LogP contribution in [0.4, 0.5) is 5.95 Å². The Morgan fingerprint density at radius 2 is 1.84 bits per heavy atom. The van der Waals surface area contributed by atoms with Crippen LogP contribution in [0, 0.1) is 5.92 Å². The number of hydrogen-bond donors (Lipinski definition) is 2. The van der Waals surface area contributed by atoms with E-state index in [-0.39, 0.29) is 11.1 Å². The van der Waals surface area contributed by atoms with Gasteiger partial charge in [-0.25, -0.2) is 9.97 Å². The van der Waals surface area contributed by atoms with Crippen molar-refractivity contribution in [3.05, 3.63) is 24.2 Å². The molecule has 0 spiro atoms. The van der Waals surface area contributed by atoms with E-state index in [1.807, 2.05) is 30.2 Å². The number of nitrogens with one attached hydrogen (secondary N) is 1. The Kier molecular flexibility index (Phi) is 6.49. The van der Waals surface area contributed by atoms with Gasteiger partial charge in [-0.1, -0.05) is 20.8 Å².